The number of nitro groups is 1. The highest BCUT2D eigenvalue weighted by Crippen LogP contribution is 2.41. The maximum absolute atomic E-state index is 10.8. The monoisotopic (exact) mass is 326 g/mol. The van der Waals surface area contributed by atoms with E-state index in [9.17, 15) is 20.3 Å². The Morgan fingerprint density at radius 3 is 2.50 bits per heavy atom. The number of nitriles is 1. The Balaban J connectivity index is 2.41. The van der Waals surface area contributed by atoms with Crippen molar-refractivity contribution < 1.29 is 15.1 Å². The fraction of sp³-hybridized carbons (Fsp3) is 0.188. The number of nitro benzene ring substituents is 1. The van der Waals surface area contributed by atoms with Gasteiger partial charge in [0, 0.05) is 11.6 Å². The Morgan fingerprint density at radius 1 is 1.21 bits per heavy atom. The van der Waals surface area contributed by atoms with E-state index in [1.807, 2.05) is 13.8 Å². The van der Waals surface area contributed by atoms with Gasteiger partial charge in [-0.1, -0.05) is 13.8 Å². The molecule has 2 aromatic carbocycles. The summed E-state index contributed by atoms with van der Waals surface area (Å²) < 4.78 is 0. The summed E-state index contributed by atoms with van der Waals surface area (Å²) in [5.41, 5.74) is 0.289. The second kappa shape index (κ2) is 6.75. The number of phenolic OH excluding ortho intramolecular Hbond substituents is 2. The van der Waals surface area contributed by atoms with Crippen molar-refractivity contribution in [1.82, 2.24) is 0 Å². The molecule has 0 atom stereocenters. The van der Waals surface area contributed by atoms with Crippen molar-refractivity contribution in [3.63, 3.8) is 0 Å². The molecule has 0 aliphatic heterocycles. The van der Waals surface area contributed by atoms with E-state index in [0.717, 1.165) is 0 Å². The molecule has 24 heavy (non-hydrogen) atoms. The average Bonchev–Trinajstić information content (AvgIpc) is 2.53. The van der Waals surface area contributed by atoms with E-state index in [1.54, 1.807) is 6.07 Å². The molecule has 2 aromatic rings. The molecule has 0 amide bonds. The lowest BCUT2D eigenvalue weighted by Crippen LogP contribution is -1.91. The smallest absolute Gasteiger partial charge is 0.287 e. The molecule has 2 N–H and O–H groups in total. The third kappa shape index (κ3) is 3.30. The van der Waals surface area contributed by atoms with Crippen LogP contribution in [0.15, 0.2) is 40.6 Å². The molecule has 0 saturated heterocycles. The molecule has 0 radical (unpaired) electrons. The molecule has 0 saturated carbocycles. The van der Waals surface area contributed by atoms with Gasteiger partial charge in [-0.05, 0) is 30.2 Å². The van der Waals surface area contributed by atoms with Crippen LogP contribution in [0.1, 0.15) is 30.9 Å². The molecule has 0 unspecified atom stereocenters. The molecule has 2 rings (SSSR count). The van der Waals surface area contributed by atoms with Crippen LogP contribution in [0.25, 0.3) is 0 Å². The van der Waals surface area contributed by atoms with Crippen LogP contribution in [0.5, 0.6) is 11.5 Å². The van der Waals surface area contributed by atoms with Gasteiger partial charge < -0.3 is 10.2 Å². The van der Waals surface area contributed by atoms with E-state index in [1.165, 1.54) is 30.3 Å². The van der Waals surface area contributed by atoms with Gasteiger partial charge in [0.15, 0.2) is 0 Å². The molecular formula is C16H14N4O4. The summed E-state index contributed by atoms with van der Waals surface area (Å²) in [6.45, 7) is 3.62. The Kier molecular flexibility index (Phi) is 4.75. The molecule has 0 aromatic heterocycles. The van der Waals surface area contributed by atoms with Gasteiger partial charge in [0.2, 0.25) is 0 Å². The quantitative estimate of drug-likeness (QED) is 0.487. The van der Waals surface area contributed by atoms with Gasteiger partial charge in [-0.15, -0.1) is 5.11 Å². The third-order valence-electron chi connectivity index (χ3n) is 3.32. The van der Waals surface area contributed by atoms with Crippen molar-refractivity contribution in [3.8, 4) is 17.6 Å². The summed E-state index contributed by atoms with van der Waals surface area (Å²) in [5, 5.41) is 47.5. The Labute approximate surface area is 137 Å². The van der Waals surface area contributed by atoms with E-state index in [-0.39, 0.29) is 40.0 Å². The van der Waals surface area contributed by atoms with Crippen LogP contribution in [0.4, 0.5) is 17.1 Å². The van der Waals surface area contributed by atoms with Gasteiger partial charge in [-0.3, -0.25) is 10.1 Å². The predicted molar refractivity (Wildman–Crippen MR) is 85.8 cm³/mol. The number of aromatic hydroxyl groups is 2. The van der Waals surface area contributed by atoms with E-state index in [0.29, 0.717) is 5.56 Å². The summed E-state index contributed by atoms with van der Waals surface area (Å²) in [6.07, 6.45) is 0. The minimum atomic E-state index is -0.653. The molecule has 0 heterocycles. The number of rotatable bonds is 4. The van der Waals surface area contributed by atoms with Gasteiger partial charge in [-0.2, -0.15) is 10.4 Å². The zero-order valence-corrected chi connectivity index (χ0v) is 13.0. The van der Waals surface area contributed by atoms with Crippen LogP contribution in [0.3, 0.4) is 0 Å². The summed E-state index contributed by atoms with van der Waals surface area (Å²) >= 11 is 0. The molecule has 8 nitrogen and oxygen atoms in total. The molecule has 0 aliphatic rings. The summed E-state index contributed by atoms with van der Waals surface area (Å²) in [6, 6.07) is 8.29. The maximum Gasteiger partial charge on any atom is 0.287 e. The van der Waals surface area contributed by atoms with Crippen LogP contribution in [0.2, 0.25) is 0 Å². The number of hydrogen-bond acceptors (Lipinski definition) is 7. The predicted octanol–water partition coefficient (Wildman–Crippen LogP) is 4.42. The zero-order chi connectivity index (χ0) is 17.9. The number of phenols is 2. The van der Waals surface area contributed by atoms with E-state index >= 15 is 0 Å². The van der Waals surface area contributed by atoms with Crippen molar-refractivity contribution in [3.05, 3.63) is 51.6 Å². The molecule has 0 fully saturated rings. The Hall–Kier alpha value is -3.47. The van der Waals surface area contributed by atoms with E-state index < -0.39 is 4.92 Å². The standard InChI is InChI=1S/C16H14N4O4/c1-9(2)15-14(21)6-4-12(16(15)22)19-18-11-3-5-13(20(23)24)10(7-11)8-17/h3-7,9,21-22H,1-2H3. The SMILES string of the molecule is CC(C)c1c(O)ccc(N=Nc2ccc([N+](=O)[O-])c(C#N)c2)c1O. The Bertz CT molecular complexity index is 869. The molecule has 8 heteroatoms. The first-order valence-corrected chi connectivity index (χ1v) is 7.00. The number of azo groups is 1. The fourth-order valence-electron chi connectivity index (χ4n) is 2.18. The Morgan fingerprint density at radius 2 is 1.92 bits per heavy atom. The van der Waals surface area contributed by atoms with Gasteiger partial charge >= 0.3 is 0 Å². The van der Waals surface area contributed by atoms with Gasteiger partial charge in [0.05, 0.1) is 10.6 Å². The van der Waals surface area contributed by atoms with Crippen LogP contribution in [-0.4, -0.2) is 15.1 Å². The van der Waals surface area contributed by atoms with Crippen molar-refractivity contribution in [1.29, 1.82) is 5.26 Å². The normalized spacial score (nSPS) is 10.9. The van der Waals surface area contributed by atoms with Crippen molar-refractivity contribution >= 4 is 17.1 Å². The second-order valence-corrected chi connectivity index (χ2v) is 5.29. The maximum atomic E-state index is 10.8. The second-order valence-electron chi connectivity index (χ2n) is 5.29. The average molecular weight is 326 g/mol. The molecular weight excluding hydrogens is 312 g/mol. The molecule has 0 bridgehead atoms. The fourth-order valence-corrected chi connectivity index (χ4v) is 2.18. The largest absolute Gasteiger partial charge is 0.508 e. The number of benzene rings is 2. The number of nitrogens with zero attached hydrogens (tertiary/aromatic N) is 4. The van der Waals surface area contributed by atoms with Crippen molar-refractivity contribution in [2.24, 2.45) is 10.2 Å². The van der Waals surface area contributed by atoms with E-state index in [4.69, 9.17) is 5.26 Å². The van der Waals surface area contributed by atoms with E-state index in [2.05, 4.69) is 10.2 Å². The molecule has 0 spiro atoms. The third-order valence-corrected chi connectivity index (χ3v) is 3.32. The lowest BCUT2D eigenvalue weighted by atomic mass is 10.00. The summed E-state index contributed by atoms with van der Waals surface area (Å²) in [7, 11) is 0. The zero-order valence-electron chi connectivity index (χ0n) is 13.0. The van der Waals surface area contributed by atoms with Crippen LogP contribution in [-0.2, 0) is 0 Å². The van der Waals surface area contributed by atoms with Crippen LogP contribution < -0.4 is 0 Å². The molecule has 122 valence electrons. The summed E-state index contributed by atoms with van der Waals surface area (Å²) in [4.78, 5) is 10.1. The van der Waals surface area contributed by atoms with Gasteiger partial charge in [0.25, 0.3) is 5.69 Å². The first kappa shape index (κ1) is 16.9. The minimum absolute atomic E-state index is 0.0384. The van der Waals surface area contributed by atoms with Gasteiger partial charge in [0.1, 0.15) is 28.8 Å². The lowest BCUT2D eigenvalue weighted by molar-refractivity contribution is -0.385. The first-order chi connectivity index (χ1) is 11.3. The van der Waals surface area contributed by atoms with Crippen molar-refractivity contribution in [2.45, 2.75) is 19.8 Å². The minimum Gasteiger partial charge on any atom is -0.508 e. The number of hydrogen-bond donors (Lipinski definition) is 2. The lowest BCUT2D eigenvalue weighted by Gasteiger charge is -2.11. The van der Waals surface area contributed by atoms with Gasteiger partial charge in [-0.25, -0.2) is 0 Å². The summed E-state index contributed by atoms with van der Waals surface area (Å²) in [5.74, 6) is -0.343. The highest BCUT2D eigenvalue weighted by Gasteiger charge is 2.16. The molecule has 0 aliphatic carbocycles. The van der Waals surface area contributed by atoms with Crippen LogP contribution >= 0.6 is 0 Å². The van der Waals surface area contributed by atoms with Crippen LogP contribution in [0, 0.1) is 21.4 Å². The van der Waals surface area contributed by atoms with Crippen molar-refractivity contribution in [2.75, 3.05) is 0 Å². The first-order valence-electron chi connectivity index (χ1n) is 7.00. The highest BCUT2D eigenvalue weighted by molar-refractivity contribution is 5.61. The highest BCUT2D eigenvalue weighted by atomic mass is 16.6. The topological polar surface area (TPSA) is 132 Å².